The SMILES string of the molecule is CCC(CC)OC(=O)[C@@H](N)Cc1ncc(-c2ccccc2)o1. The van der Waals surface area contributed by atoms with Crippen molar-refractivity contribution >= 4 is 5.97 Å². The normalized spacial score (nSPS) is 12.4. The highest BCUT2D eigenvalue weighted by Gasteiger charge is 2.21. The predicted molar refractivity (Wildman–Crippen MR) is 84.1 cm³/mol. The third-order valence-corrected chi connectivity index (χ3v) is 3.50. The maximum absolute atomic E-state index is 11.9. The van der Waals surface area contributed by atoms with Crippen LogP contribution in [0.3, 0.4) is 0 Å². The lowest BCUT2D eigenvalue weighted by atomic mass is 10.2. The average molecular weight is 302 g/mol. The maximum atomic E-state index is 11.9. The van der Waals surface area contributed by atoms with Crippen LogP contribution in [0.25, 0.3) is 11.3 Å². The zero-order valence-corrected chi connectivity index (χ0v) is 13.0. The highest BCUT2D eigenvalue weighted by molar-refractivity contribution is 5.75. The molecular formula is C17H22N2O3. The number of nitrogens with zero attached hydrogens (tertiary/aromatic N) is 1. The molecule has 1 aromatic heterocycles. The molecule has 0 spiro atoms. The second-order valence-electron chi connectivity index (χ2n) is 5.17. The Balaban J connectivity index is 1.96. The summed E-state index contributed by atoms with van der Waals surface area (Å²) in [6.07, 6.45) is 3.36. The number of carbonyl (C=O) groups excluding carboxylic acids is 1. The number of esters is 1. The van der Waals surface area contributed by atoms with E-state index in [1.165, 1.54) is 0 Å². The standard InChI is InChI=1S/C17H22N2O3/c1-3-13(4-2)21-17(20)14(18)10-16-19-11-15(22-16)12-8-6-5-7-9-12/h5-9,11,13-14H,3-4,10,18H2,1-2H3/t14-/m0/s1. The van der Waals surface area contributed by atoms with Crippen molar-refractivity contribution in [2.75, 3.05) is 0 Å². The van der Waals surface area contributed by atoms with Gasteiger partial charge >= 0.3 is 5.97 Å². The third kappa shape index (κ3) is 4.18. The zero-order chi connectivity index (χ0) is 15.9. The molecule has 118 valence electrons. The van der Waals surface area contributed by atoms with Crippen LogP contribution >= 0.6 is 0 Å². The number of hydrogen-bond donors (Lipinski definition) is 1. The Hall–Kier alpha value is -2.14. The van der Waals surface area contributed by atoms with Gasteiger partial charge in [-0.2, -0.15) is 0 Å². The molecule has 0 saturated heterocycles. The van der Waals surface area contributed by atoms with Gasteiger partial charge in [-0.3, -0.25) is 4.79 Å². The molecule has 1 atom stereocenters. The summed E-state index contributed by atoms with van der Waals surface area (Å²) in [6, 6.07) is 8.90. The van der Waals surface area contributed by atoms with E-state index < -0.39 is 12.0 Å². The van der Waals surface area contributed by atoms with Gasteiger partial charge in [0.25, 0.3) is 0 Å². The monoisotopic (exact) mass is 302 g/mol. The van der Waals surface area contributed by atoms with Crippen molar-refractivity contribution in [2.45, 2.75) is 45.3 Å². The molecule has 0 saturated carbocycles. The molecule has 0 unspecified atom stereocenters. The molecular weight excluding hydrogens is 280 g/mol. The summed E-state index contributed by atoms with van der Waals surface area (Å²) in [4.78, 5) is 16.1. The van der Waals surface area contributed by atoms with Gasteiger partial charge in [0.05, 0.1) is 12.6 Å². The van der Waals surface area contributed by atoms with Crippen molar-refractivity contribution in [2.24, 2.45) is 5.73 Å². The smallest absolute Gasteiger partial charge is 0.323 e. The van der Waals surface area contributed by atoms with Crippen LogP contribution in [0.1, 0.15) is 32.6 Å². The fraction of sp³-hybridized carbons (Fsp3) is 0.412. The first-order valence-electron chi connectivity index (χ1n) is 7.60. The van der Waals surface area contributed by atoms with E-state index in [9.17, 15) is 4.79 Å². The molecule has 22 heavy (non-hydrogen) atoms. The summed E-state index contributed by atoms with van der Waals surface area (Å²) in [6.45, 7) is 3.96. The highest BCUT2D eigenvalue weighted by Crippen LogP contribution is 2.20. The van der Waals surface area contributed by atoms with Gasteiger partial charge in [0.15, 0.2) is 11.7 Å². The van der Waals surface area contributed by atoms with Crippen molar-refractivity contribution < 1.29 is 13.9 Å². The van der Waals surface area contributed by atoms with Gasteiger partial charge < -0.3 is 14.9 Å². The summed E-state index contributed by atoms with van der Waals surface area (Å²) in [7, 11) is 0. The van der Waals surface area contributed by atoms with Crippen LogP contribution in [0.2, 0.25) is 0 Å². The van der Waals surface area contributed by atoms with E-state index in [2.05, 4.69) is 4.98 Å². The first-order chi connectivity index (χ1) is 10.6. The Morgan fingerprint density at radius 2 is 1.95 bits per heavy atom. The molecule has 0 amide bonds. The van der Waals surface area contributed by atoms with E-state index in [1.807, 2.05) is 44.2 Å². The topological polar surface area (TPSA) is 78.4 Å². The van der Waals surface area contributed by atoms with Crippen molar-refractivity contribution in [1.82, 2.24) is 4.98 Å². The van der Waals surface area contributed by atoms with Crippen LogP contribution in [0.4, 0.5) is 0 Å². The number of rotatable bonds is 7. The molecule has 1 heterocycles. The quantitative estimate of drug-likeness (QED) is 0.796. The molecule has 0 fully saturated rings. The molecule has 0 radical (unpaired) electrons. The minimum Gasteiger partial charge on any atom is -0.461 e. The van der Waals surface area contributed by atoms with Crippen molar-refractivity contribution in [3.05, 3.63) is 42.4 Å². The summed E-state index contributed by atoms with van der Waals surface area (Å²) >= 11 is 0. The number of hydrogen-bond acceptors (Lipinski definition) is 5. The number of carbonyl (C=O) groups is 1. The molecule has 0 aliphatic rings. The molecule has 5 nitrogen and oxygen atoms in total. The summed E-state index contributed by atoms with van der Waals surface area (Å²) in [5.41, 5.74) is 6.82. The zero-order valence-electron chi connectivity index (χ0n) is 13.0. The predicted octanol–water partition coefficient (Wildman–Crippen LogP) is 2.94. The van der Waals surface area contributed by atoms with Crippen LogP contribution < -0.4 is 5.73 Å². The summed E-state index contributed by atoms with van der Waals surface area (Å²) in [5, 5.41) is 0. The lowest BCUT2D eigenvalue weighted by Crippen LogP contribution is -2.36. The molecule has 0 bridgehead atoms. The van der Waals surface area contributed by atoms with Gasteiger partial charge in [0.1, 0.15) is 12.1 Å². The molecule has 5 heteroatoms. The number of oxazole rings is 1. The Bertz CT molecular complexity index is 591. The first kappa shape index (κ1) is 16.2. The van der Waals surface area contributed by atoms with E-state index in [4.69, 9.17) is 14.9 Å². The summed E-state index contributed by atoms with van der Waals surface area (Å²) in [5.74, 6) is 0.692. The van der Waals surface area contributed by atoms with E-state index in [0.717, 1.165) is 18.4 Å². The largest absolute Gasteiger partial charge is 0.461 e. The van der Waals surface area contributed by atoms with Gasteiger partial charge in [-0.25, -0.2) is 4.98 Å². The Kier molecular flexibility index (Phi) is 5.72. The number of ether oxygens (including phenoxy) is 1. The molecule has 2 aromatic rings. The molecule has 1 aromatic carbocycles. The Morgan fingerprint density at radius 1 is 1.27 bits per heavy atom. The van der Waals surface area contributed by atoms with Crippen LogP contribution in [-0.2, 0) is 16.0 Å². The lowest BCUT2D eigenvalue weighted by Gasteiger charge is -2.16. The van der Waals surface area contributed by atoms with E-state index in [0.29, 0.717) is 11.7 Å². The number of benzene rings is 1. The van der Waals surface area contributed by atoms with Crippen LogP contribution in [0, 0.1) is 0 Å². The Labute approximate surface area is 130 Å². The van der Waals surface area contributed by atoms with Crippen LogP contribution in [0.15, 0.2) is 40.9 Å². The van der Waals surface area contributed by atoms with Gasteiger partial charge in [-0.05, 0) is 12.8 Å². The van der Waals surface area contributed by atoms with E-state index >= 15 is 0 Å². The first-order valence-corrected chi connectivity index (χ1v) is 7.60. The van der Waals surface area contributed by atoms with Crippen molar-refractivity contribution in [3.8, 4) is 11.3 Å². The van der Waals surface area contributed by atoms with E-state index in [1.54, 1.807) is 6.20 Å². The van der Waals surface area contributed by atoms with Crippen molar-refractivity contribution in [1.29, 1.82) is 0 Å². The van der Waals surface area contributed by atoms with Crippen LogP contribution in [0.5, 0.6) is 0 Å². The molecule has 0 aliphatic carbocycles. The third-order valence-electron chi connectivity index (χ3n) is 3.50. The average Bonchev–Trinajstić information content (AvgIpc) is 3.01. The fourth-order valence-electron chi connectivity index (χ4n) is 2.12. The minimum absolute atomic E-state index is 0.0806. The van der Waals surface area contributed by atoms with Gasteiger partial charge in [-0.1, -0.05) is 44.2 Å². The lowest BCUT2D eigenvalue weighted by molar-refractivity contribution is -0.151. The van der Waals surface area contributed by atoms with Gasteiger partial charge in [-0.15, -0.1) is 0 Å². The number of aromatic nitrogens is 1. The van der Waals surface area contributed by atoms with Crippen molar-refractivity contribution in [3.63, 3.8) is 0 Å². The van der Waals surface area contributed by atoms with E-state index in [-0.39, 0.29) is 12.5 Å². The summed E-state index contributed by atoms with van der Waals surface area (Å²) < 4.78 is 11.0. The maximum Gasteiger partial charge on any atom is 0.323 e. The fourth-order valence-corrected chi connectivity index (χ4v) is 2.12. The second kappa shape index (κ2) is 7.75. The van der Waals surface area contributed by atoms with Crippen LogP contribution in [-0.4, -0.2) is 23.1 Å². The highest BCUT2D eigenvalue weighted by atomic mass is 16.5. The Morgan fingerprint density at radius 3 is 2.59 bits per heavy atom. The molecule has 0 aliphatic heterocycles. The molecule has 2 N–H and O–H groups in total. The van der Waals surface area contributed by atoms with Gasteiger partial charge in [0, 0.05) is 5.56 Å². The van der Waals surface area contributed by atoms with Gasteiger partial charge in [0.2, 0.25) is 0 Å². The number of nitrogens with two attached hydrogens (primary N) is 1. The molecule has 2 rings (SSSR count). The minimum atomic E-state index is -0.761. The second-order valence-corrected chi connectivity index (χ2v) is 5.17.